The van der Waals surface area contributed by atoms with Gasteiger partial charge in [-0.3, -0.25) is 4.79 Å². The average molecular weight is 413 g/mol. The van der Waals surface area contributed by atoms with Crippen LogP contribution in [0.1, 0.15) is 17.0 Å². The van der Waals surface area contributed by atoms with E-state index in [4.69, 9.17) is 27.7 Å². The molecule has 146 valence electrons. The van der Waals surface area contributed by atoms with Gasteiger partial charge < -0.3 is 19.2 Å². The Labute approximate surface area is 169 Å². The number of benzene rings is 1. The lowest BCUT2D eigenvalue weighted by Gasteiger charge is -2.32. The lowest BCUT2D eigenvalue weighted by atomic mass is 10.2. The van der Waals surface area contributed by atoms with Crippen LogP contribution in [0.4, 0.5) is 0 Å². The van der Waals surface area contributed by atoms with Gasteiger partial charge in [-0.25, -0.2) is 0 Å². The molecule has 0 bridgehead atoms. The Bertz CT molecular complexity index is 788. The van der Waals surface area contributed by atoms with Gasteiger partial charge in [-0.2, -0.15) is 0 Å². The van der Waals surface area contributed by atoms with Gasteiger partial charge in [-0.05, 0) is 19.1 Å². The first kappa shape index (κ1) is 20.1. The van der Waals surface area contributed by atoms with Crippen molar-refractivity contribution < 1.29 is 19.1 Å². The number of hydrogen-bond acceptors (Lipinski definition) is 3. The Morgan fingerprint density at radius 3 is 2.63 bits per heavy atom. The third kappa shape index (κ3) is 5.69. The van der Waals surface area contributed by atoms with Crippen LogP contribution in [0.2, 0.25) is 10.0 Å². The van der Waals surface area contributed by atoms with Crippen LogP contribution in [0.25, 0.3) is 0 Å². The number of amides is 1. The van der Waals surface area contributed by atoms with Crippen molar-refractivity contribution in [3.63, 3.8) is 0 Å². The van der Waals surface area contributed by atoms with E-state index in [9.17, 15) is 4.79 Å². The Balaban J connectivity index is 1.43. The van der Waals surface area contributed by atoms with Crippen LogP contribution in [0, 0.1) is 6.92 Å². The van der Waals surface area contributed by atoms with E-state index < -0.39 is 0 Å². The fourth-order valence-electron chi connectivity index (χ4n) is 3.44. The van der Waals surface area contributed by atoms with Crippen LogP contribution in [-0.2, 0) is 17.9 Å². The highest BCUT2D eigenvalue weighted by molar-refractivity contribution is 6.42. The third-order valence-electron chi connectivity index (χ3n) is 4.87. The van der Waals surface area contributed by atoms with Gasteiger partial charge >= 0.3 is 0 Å². The highest BCUT2D eigenvalue weighted by Gasteiger charge is 2.26. The van der Waals surface area contributed by atoms with Crippen LogP contribution in [0.5, 0.6) is 0 Å². The monoisotopic (exact) mass is 412 g/mol. The van der Waals surface area contributed by atoms with E-state index in [1.54, 1.807) is 6.07 Å². The highest BCUT2D eigenvalue weighted by atomic mass is 35.5. The minimum absolute atomic E-state index is 0.198. The predicted octanol–water partition coefficient (Wildman–Crippen LogP) is 0.232. The Hall–Kier alpha value is -1.60. The molecule has 0 aliphatic carbocycles. The molecular weight excluding hydrogens is 387 g/mol. The van der Waals surface area contributed by atoms with Gasteiger partial charge in [0.05, 0.1) is 43.3 Å². The van der Waals surface area contributed by atoms with Gasteiger partial charge in [0, 0.05) is 11.6 Å². The van der Waals surface area contributed by atoms with Gasteiger partial charge in [0.25, 0.3) is 5.91 Å². The molecule has 1 aliphatic rings. The topological polar surface area (TPSA) is 55.2 Å². The Morgan fingerprint density at radius 1 is 1.26 bits per heavy atom. The number of aromatic nitrogens is 1. The fraction of sp³-hybridized carbons (Fsp3) is 0.474. The summed E-state index contributed by atoms with van der Waals surface area (Å²) in [6, 6.07) is 7.60. The van der Waals surface area contributed by atoms with E-state index in [2.05, 4.69) is 5.16 Å². The molecule has 0 spiro atoms. The molecule has 3 rings (SSSR count). The largest absolute Gasteiger partial charge is 0.361 e. The van der Waals surface area contributed by atoms with E-state index in [0.717, 1.165) is 61.2 Å². The van der Waals surface area contributed by atoms with Gasteiger partial charge in [0.15, 0.2) is 6.54 Å². The SMILES string of the molecule is Cc1cc(C[NH+]2CCN(C(=O)C[NH+](C)Cc3ccc(Cl)c(Cl)c3)CC2)no1. The van der Waals surface area contributed by atoms with Gasteiger partial charge in [-0.1, -0.05) is 34.4 Å². The lowest BCUT2D eigenvalue weighted by Crippen LogP contribution is -3.14. The maximum Gasteiger partial charge on any atom is 0.278 e. The molecule has 1 aliphatic heterocycles. The lowest BCUT2D eigenvalue weighted by molar-refractivity contribution is -0.918. The fourth-order valence-corrected chi connectivity index (χ4v) is 3.76. The van der Waals surface area contributed by atoms with Crippen LogP contribution in [-0.4, -0.2) is 55.7 Å². The van der Waals surface area contributed by atoms with Crippen LogP contribution in [0.15, 0.2) is 28.8 Å². The zero-order chi connectivity index (χ0) is 19.4. The summed E-state index contributed by atoms with van der Waals surface area (Å²) >= 11 is 12.0. The molecule has 6 nitrogen and oxygen atoms in total. The number of carbonyl (C=O) groups is 1. The molecule has 1 aromatic heterocycles. The van der Waals surface area contributed by atoms with Crippen molar-refractivity contribution in [1.29, 1.82) is 0 Å². The van der Waals surface area contributed by atoms with Crippen molar-refractivity contribution in [1.82, 2.24) is 10.1 Å². The summed E-state index contributed by atoms with van der Waals surface area (Å²) in [5.74, 6) is 1.04. The number of nitrogens with one attached hydrogen (secondary N) is 2. The number of nitrogens with zero attached hydrogens (tertiary/aromatic N) is 2. The van der Waals surface area contributed by atoms with Crippen molar-refractivity contribution in [2.45, 2.75) is 20.0 Å². The molecule has 1 saturated heterocycles. The number of halogens is 2. The minimum atomic E-state index is 0.198. The first-order chi connectivity index (χ1) is 12.9. The van der Waals surface area contributed by atoms with Crippen LogP contribution in [0.3, 0.4) is 0 Å². The molecule has 1 aromatic carbocycles. The standard InChI is InChI=1S/C19H24Cl2N4O2/c1-14-9-16(22-27-14)12-24-5-7-25(8-6-24)19(26)13-23(2)11-15-3-4-17(20)18(21)10-15/h3-4,9-10H,5-8,11-13H2,1-2H3/p+2. The maximum absolute atomic E-state index is 12.6. The molecule has 1 atom stereocenters. The number of aryl methyl sites for hydroxylation is 1. The normalized spacial score (nSPS) is 16.5. The van der Waals surface area contributed by atoms with Crippen molar-refractivity contribution >= 4 is 29.1 Å². The highest BCUT2D eigenvalue weighted by Crippen LogP contribution is 2.22. The smallest absolute Gasteiger partial charge is 0.278 e. The molecule has 2 heterocycles. The summed E-state index contributed by atoms with van der Waals surface area (Å²) < 4.78 is 5.13. The van der Waals surface area contributed by atoms with Crippen molar-refractivity contribution in [2.24, 2.45) is 0 Å². The molecule has 27 heavy (non-hydrogen) atoms. The molecule has 8 heteroatoms. The van der Waals surface area contributed by atoms with Crippen LogP contribution >= 0.6 is 23.2 Å². The molecule has 0 saturated carbocycles. The molecule has 2 N–H and O–H groups in total. The maximum atomic E-state index is 12.6. The van der Waals surface area contributed by atoms with E-state index in [1.165, 1.54) is 4.90 Å². The minimum Gasteiger partial charge on any atom is -0.361 e. The van der Waals surface area contributed by atoms with Crippen molar-refractivity contribution in [2.75, 3.05) is 39.8 Å². The second-order valence-corrected chi connectivity index (χ2v) is 8.11. The van der Waals surface area contributed by atoms with Gasteiger partial charge in [0.2, 0.25) is 0 Å². The van der Waals surface area contributed by atoms with E-state index >= 15 is 0 Å². The Kier molecular flexibility index (Phi) is 6.76. The van der Waals surface area contributed by atoms with E-state index in [1.807, 2.05) is 37.1 Å². The summed E-state index contributed by atoms with van der Waals surface area (Å²) in [7, 11) is 2.02. The molecule has 2 aromatic rings. The number of hydrogen-bond donors (Lipinski definition) is 2. The first-order valence-electron chi connectivity index (χ1n) is 9.19. The first-order valence-corrected chi connectivity index (χ1v) is 9.95. The summed E-state index contributed by atoms with van der Waals surface area (Å²) in [5.41, 5.74) is 2.06. The second kappa shape index (κ2) is 9.06. The van der Waals surface area contributed by atoms with E-state index in [0.29, 0.717) is 16.6 Å². The molecule has 1 fully saturated rings. The average Bonchev–Trinajstić information content (AvgIpc) is 3.03. The van der Waals surface area contributed by atoms with Crippen molar-refractivity contribution in [3.8, 4) is 0 Å². The zero-order valence-electron chi connectivity index (χ0n) is 15.7. The van der Waals surface area contributed by atoms with E-state index in [-0.39, 0.29) is 5.91 Å². The Morgan fingerprint density at radius 2 is 2.00 bits per heavy atom. The van der Waals surface area contributed by atoms with Gasteiger partial charge in [-0.15, -0.1) is 0 Å². The predicted molar refractivity (Wildman–Crippen MR) is 104 cm³/mol. The number of likely N-dealkylation sites (N-methyl/N-ethyl adjacent to an activating group) is 1. The zero-order valence-corrected chi connectivity index (χ0v) is 17.2. The molecule has 1 amide bonds. The van der Waals surface area contributed by atoms with Crippen molar-refractivity contribution in [3.05, 3.63) is 51.3 Å². The molecule has 0 radical (unpaired) electrons. The second-order valence-electron chi connectivity index (χ2n) is 7.30. The third-order valence-corrected chi connectivity index (χ3v) is 5.61. The van der Waals surface area contributed by atoms with Gasteiger partial charge in [0.1, 0.15) is 24.5 Å². The summed E-state index contributed by atoms with van der Waals surface area (Å²) in [6.07, 6.45) is 0. The molecule has 1 unspecified atom stereocenters. The quantitative estimate of drug-likeness (QED) is 0.713. The summed E-state index contributed by atoms with van der Waals surface area (Å²) in [5, 5.41) is 5.16. The van der Waals surface area contributed by atoms with Crippen LogP contribution < -0.4 is 9.80 Å². The number of piperazine rings is 1. The molecular formula is C19H26Cl2N4O2+2. The summed E-state index contributed by atoms with van der Waals surface area (Å²) in [6.45, 7) is 7.39. The number of carbonyl (C=O) groups excluding carboxylic acids is 1. The summed E-state index contributed by atoms with van der Waals surface area (Å²) in [4.78, 5) is 17.1. The number of quaternary nitrogens is 2. The number of rotatable bonds is 6.